The fourth-order valence-corrected chi connectivity index (χ4v) is 2.34. The monoisotopic (exact) mass is 280 g/mol. The summed E-state index contributed by atoms with van der Waals surface area (Å²) in [4.78, 5) is 14.3. The molecule has 0 aromatic heterocycles. The van der Waals surface area contributed by atoms with Gasteiger partial charge in [-0.2, -0.15) is 11.8 Å². The van der Waals surface area contributed by atoms with Crippen LogP contribution < -0.4 is 5.32 Å². The van der Waals surface area contributed by atoms with Crippen LogP contribution >= 0.6 is 11.8 Å². The van der Waals surface area contributed by atoms with Gasteiger partial charge in [0.25, 0.3) is 0 Å². The summed E-state index contributed by atoms with van der Waals surface area (Å²) >= 11 is 1.79. The van der Waals surface area contributed by atoms with Crippen LogP contribution in [0, 0.1) is 13.8 Å². The van der Waals surface area contributed by atoms with Crippen molar-refractivity contribution in [2.24, 2.45) is 0 Å². The molecule has 4 heteroatoms. The lowest BCUT2D eigenvalue weighted by Crippen LogP contribution is -2.40. The summed E-state index contributed by atoms with van der Waals surface area (Å²) in [5, 5.41) is 3.05. The van der Waals surface area contributed by atoms with E-state index < -0.39 is 0 Å². The SMILES string of the molecule is CSCCN(C)C(C)C(=O)Nc1c(C)cccc1C. The first-order chi connectivity index (χ1) is 8.97. The van der Waals surface area contributed by atoms with Gasteiger partial charge in [0.05, 0.1) is 6.04 Å². The van der Waals surface area contributed by atoms with Gasteiger partial charge in [0.2, 0.25) is 5.91 Å². The molecule has 3 nitrogen and oxygen atoms in total. The summed E-state index contributed by atoms with van der Waals surface area (Å²) in [6.45, 7) is 6.90. The average Bonchev–Trinajstić information content (AvgIpc) is 2.39. The van der Waals surface area contributed by atoms with Crippen molar-refractivity contribution < 1.29 is 4.79 Å². The first-order valence-corrected chi connectivity index (χ1v) is 7.93. The van der Waals surface area contributed by atoms with Crippen molar-refractivity contribution in [1.82, 2.24) is 4.90 Å². The highest BCUT2D eigenvalue weighted by Crippen LogP contribution is 2.19. The molecule has 1 atom stereocenters. The summed E-state index contributed by atoms with van der Waals surface area (Å²) in [6.07, 6.45) is 2.08. The van der Waals surface area contributed by atoms with Gasteiger partial charge < -0.3 is 5.32 Å². The maximum absolute atomic E-state index is 12.3. The standard InChI is InChI=1S/C15H24N2OS/c1-11-7-6-8-12(2)14(11)16-15(18)13(3)17(4)9-10-19-5/h6-8,13H,9-10H2,1-5H3,(H,16,18). The molecule has 0 aliphatic heterocycles. The Hall–Kier alpha value is -1.00. The Labute approximate surface area is 120 Å². The molecule has 0 bridgehead atoms. The molecule has 0 aliphatic carbocycles. The second-order valence-electron chi connectivity index (χ2n) is 4.91. The van der Waals surface area contributed by atoms with Crippen LogP contribution in [-0.2, 0) is 4.79 Å². The number of carbonyl (C=O) groups excluding carboxylic acids is 1. The number of amides is 1. The Kier molecular flexibility index (Phi) is 6.38. The number of nitrogens with one attached hydrogen (secondary N) is 1. The zero-order valence-corrected chi connectivity index (χ0v) is 13.3. The number of carbonyl (C=O) groups is 1. The van der Waals surface area contributed by atoms with Crippen molar-refractivity contribution in [1.29, 1.82) is 0 Å². The van der Waals surface area contributed by atoms with E-state index in [0.29, 0.717) is 0 Å². The minimum Gasteiger partial charge on any atom is -0.324 e. The number of benzene rings is 1. The van der Waals surface area contributed by atoms with E-state index >= 15 is 0 Å². The number of hydrogen-bond donors (Lipinski definition) is 1. The molecular formula is C15H24N2OS. The number of thioether (sulfide) groups is 1. The Balaban J connectivity index is 2.69. The normalized spacial score (nSPS) is 12.5. The molecule has 0 spiro atoms. The smallest absolute Gasteiger partial charge is 0.241 e. The lowest BCUT2D eigenvalue weighted by Gasteiger charge is -2.24. The first-order valence-electron chi connectivity index (χ1n) is 6.53. The molecule has 0 saturated heterocycles. The van der Waals surface area contributed by atoms with Gasteiger partial charge in [-0.25, -0.2) is 0 Å². The molecule has 1 N–H and O–H groups in total. The van der Waals surface area contributed by atoms with Gasteiger partial charge in [-0.1, -0.05) is 18.2 Å². The number of nitrogens with zero attached hydrogens (tertiary/aromatic N) is 1. The first kappa shape index (κ1) is 16.1. The summed E-state index contributed by atoms with van der Waals surface area (Å²) < 4.78 is 0. The minimum atomic E-state index is -0.119. The largest absolute Gasteiger partial charge is 0.324 e. The van der Waals surface area contributed by atoms with Crippen LogP contribution in [0.3, 0.4) is 0 Å². The van der Waals surface area contributed by atoms with E-state index in [-0.39, 0.29) is 11.9 Å². The van der Waals surface area contributed by atoms with E-state index in [4.69, 9.17) is 0 Å². The van der Waals surface area contributed by atoms with E-state index in [0.717, 1.165) is 29.1 Å². The summed E-state index contributed by atoms with van der Waals surface area (Å²) in [5.74, 6) is 1.10. The summed E-state index contributed by atoms with van der Waals surface area (Å²) in [5.41, 5.74) is 3.15. The van der Waals surface area contributed by atoms with Crippen LogP contribution in [0.1, 0.15) is 18.1 Å². The van der Waals surface area contributed by atoms with E-state index in [1.807, 2.05) is 46.0 Å². The third-order valence-corrected chi connectivity index (χ3v) is 4.01. The molecule has 1 aromatic rings. The van der Waals surface area contributed by atoms with E-state index in [1.165, 1.54) is 0 Å². The number of rotatable bonds is 6. The molecule has 0 fully saturated rings. The van der Waals surface area contributed by atoms with Crippen molar-refractivity contribution in [3.8, 4) is 0 Å². The molecule has 1 unspecified atom stereocenters. The molecule has 0 heterocycles. The topological polar surface area (TPSA) is 32.3 Å². The van der Waals surface area contributed by atoms with E-state index in [1.54, 1.807) is 11.8 Å². The van der Waals surface area contributed by atoms with Crippen molar-refractivity contribution in [3.05, 3.63) is 29.3 Å². The van der Waals surface area contributed by atoms with Crippen LogP contribution in [0.2, 0.25) is 0 Å². The number of likely N-dealkylation sites (N-methyl/N-ethyl adjacent to an activating group) is 1. The molecule has 1 rings (SSSR count). The highest BCUT2D eigenvalue weighted by atomic mass is 32.2. The molecular weight excluding hydrogens is 256 g/mol. The molecule has 0 saturated carbocycles. The summed E-state index contributed by atoms with van der Waals surface area (Å²) in [7, 11) is 1.99. The van der Waals surface area contributed by atoms with Crippen molar-refractivity contribution in [2.75, 3.05) is 30.9 Å². The van der Waals surface area contributed by atoms with Crippen LogP contribution in [-0.4, -0.2) is 42.4 Å². The zero-order valence-electron chi connectivity index (χ0n) is 12.5. The number of aryl methyl sites for hydroxylation is 2. The maximum Gasteiger partial charge on any atom is 0.241 e. The highest BCUT2D eigenvalue weighted by Gasteiger charge is 2.18. The number of anilines is 1. The van der Waals surface area contributed by atoms with Crippen molar-refractivity contribution in [2.45, 2.75) is 26.8 Å². The van der Waals surface area contributed by atoms with Gasteiger partial charge in [0.1, 0.15) is 0 Å². The van der Waals surface area contributed by atoms with Gasteiger partial charge in [-0.3, -0.25) is 9.69 Å². The molecule has 1 aromatic carbocycles. The van der Waals surface area contributed by atoms with Crippen LogP contribution in [0.4, 0.5) is 5.69 Å². The molecule has 19 heavy (non-hydrogen) atoms. The maximum atomic E-state index is 12.3. The Morgan fingerprint density at radius 2 is 1.95 bits per heavy atom. The third kappa shape index (κ3) is 4.55. The second-order valence-corrected chi connectivity index (χ2v) is 5.89. The Morgan fingerprint density at radius 1 is 1.37 bits per heavy atom. The molecule has 1 amide bonds. The Bertz CT molecular complexity index is 414. The quantitative estimate of drug-likeness (QED) is 0.869. The Morgan fingerprint density at radius 3 is 2.47 bits per heavy atom. The van der Waals surface area contributed by atoms with Gasteiger partial charge in [0, 0.05) is 18.0 Å². The molecule has 0 radical (unpaired) electrons. The fourth-order valence-electron chi connectivity index (χ4n) is 1.87. The fraction of sp³-hybridized carbons (Fsp3) is 0.533. The van der Waals surface area contributed by atoms with Gasteiger partial charge >= 0.3 is 0 Å². The third-order valence-electron chi connectivity index (χ3n) is 3.42. The van der Waals surface area contributed by atoms with Crippen molar-refractivity contribution in [3.63, 3.8) is 0 Å². The molecule has 0 aliphatic rings. The zero-order chi connectivity index (χ0) is 14.4. The highest BCUT2D eigenvalue weighted by molar-refractivity contribution is 7.98. The summed E-state index contributed by atoms with van der Waals surface area (Å²) in [6, 6.07) is 5.93. The lowest BCUT2D eigenvalue weighted by molar-refractivity contribution is -0.120. The van der Waals surface area contributed by atoms with Crippen LogP contribution in [0.15, 0.2) is 18.2 Å². The predicted octanol–water partition coefficient (Wildman–Crippen LogP) is 2.93. The van der Waals surface area contributed by atoms with Gasteiger partial charge in [-0.15, -0.1) is 0 Å². The predicted molar refractivity (Wildman–Crippen MR) is 85.0 cm³/mol. The minimum absolute atomic E-state index is 0.0565. The van der Waals surface area contributed by atoms with E-state index in [2.05, 4.69) is 16.5 Å². The second kappa shape index (κ2) is 7.56. The van der Waals surface area contributed by atoms with Crippen molar-refractivity contribution >= 4 is 23.4 Å². The average molecular weight is 280 g/mol. The van der Waals surface area contributed by atoms with Gasteiger partial charge in [-0.05, 0) is 45.2 Å². The number of hydrogen-bond acceptors (Lipinski definition) is 3. The van der Waals surface area contributed by atoms with Gasteiger partial charge in [0.15, 0.2) is 0 Å². The van der Waals surface area contributed by atoms with Crippen LogP contribution in [0.25, 0.3) is 0 Å². The van der Waals surface area contributed by atoms with Crippen LogP contribution in [0.5, 0.6) is 0 Å². The number of para-hydroxylation sites is 1. The van der Waals surface area contributed by atoms with E-state index in [9.17, 15) is 4.79 Å². The molecule has 106 valence electrons. The lowest BCUT2D eigenvalue weighted by atomic mass is 10.1.